The smallest absolute Gasteiger partial charge is 0.128 e. The van der Waals surface area contributed by atoms with Crippen LogP contribution < -0.4 is 4.90 Å². The summed E-state index contributed by atoms with van der Waals surface area (Å²) < 4.78 is 5.28. The monoisotopic (exact) mass is 250 g/mol. The Morgan fingerprint density at radius 3 is 2.82 bits per heavy atom. The van der Waals surface area contributed by atoms with Crippen LogP contribution in [0.2, 0.25) is 0 Å². The van der Waals surface area contributed by atoms with Crippen molar-refractivity contribution in [2.24, 2.45) is 0 Å². The van der Waals surface area contributed by atoms with Gasteiger partial charge in [-0.05, 0) is 25.1 Å². The third-order valence-corrected chi connectivity index (χ3v) is 2.97. The van der Waals surface area contributed by atoms with Crippen molar-refractivity contribution in [3.8, 4) is 0 Å². The molecule has 0 amide bonds. The van der Waals surface area contributed by atoms with Crippen molar-refractivity contribution in [3.05, 3.63) is 47.5 Å². The number of aromatic nitrogens is 1. The standard InChI is InChI=1S/C13H15ClN2O/c1-10-11(6-7-17-10)9-16(2)13-5-3-4-12(8-14)15-13/h3-7H,8-9H2,1-2H3. The first-order valence-corrected chi connectivity index (χ1v) is 6.00. The van der Waals surface area contributed by atoms with E-state index in [9.17, 15) is 0 Å². The van der Waals surface area contributed by atoms with Crippen LogP contribution in [0.1, 0.15) is 17.0 Å². The number of pyridine rings is 1. The highest BCUT2D eigenvalue weighted by atomic mass is 35.5. The van der Waals surface area contributed by atoms with Crippen LogP contribution in [0.25, 0.3) is 0 Å². The molecule has 0 aliphatic rings. The van der Waals surface area contributed by atoms with E-state index in [2.05, 4.69) is 9.88 Å². The van der Waals surface area contributed by atoms with E-state index in [0.29, 0.717) is 5.88 Å². The van der Waals surface area contributed by atoms with Gasteiger partial charge in [-0.15, -0.1) is 11.6 Å². The summed E-state index contributed by atoms with van der Waals surface area (Å²) in [6.45, 7) is 2.74. The topological polar surface area (TPSA) is 29.3 Å². The molecule has 0 bridgehead atoms. The van der Waals surface area contributed by atoms with Crippen LogP contribution in [0, 0.1) is 6.92 Å². The molecule has 0 fully saturated rings. The van der Waals surface area contributed by atoms with Gasteiger partial charge < -0.3 is 9.32 Å². The lowest BCUT2D eigenvalue weighted by molar-refractivity contribution is 0.529. The number of nitrogens with zero attached hydrogens (tertiary/aromatic N) is 2. The fourth-order valence-electron chi connectivity index (χ4n) is 1.67. The first kappa shape index (κ1) is 12.0. The van der Waals surface area contributed by atoms with Gasteiger partial charge in [0.25, 0.3) is 0 Å². The van der Waals surface area contributed by atoms with E-state index in [-0.39, 0.29) is 0 Å². The lowest BCUT2D eigenvalue weighted by Crippen LogP contribution is -2.18. The third-order valence-electron chi connectivity index (χ3n) is 2.69. The highest BCUT2D eigenvalue weighted by Gasteiger charge is 2.07. The van der Waals surface area contributed by atoms with Gasteiger partial charge in [0.15, 0.2) is 0 Å². The molecule has 0 atom stereocenters. The number of anilines is 1. The molecule has 2 heterocycles. The molecule has 0 aromatic carbocycles. The summed E-state index contributed by atoms with van der Waals surface area (Å²) in [5.74, 6) is 2.31. The van der Waals surface area contributed by atoms with Crippen LogP contribution in [0.3, 0.4) is 0 Å². The number of rotatable bonds is 4. The van der Waals surface area contributed by atoms with Crippen molar-refractivity contribution in [1.82, 2.24) is 4.98 Å². The molecule has 90 valence electrons. The Morgan fingerprint density at radius 1 is 1.35 bits per heavy atom. The van der Waals surface area contributed by atoms with E-state index >= 15 is 0 Å². The molecule has 0 spiro atoms. The molecule has 0 aliphatic carbocycles. The quantitative estimate of drug-likeness (QED) is 0.780. The summed E-state index contributed by atoms with van der Waals surface area (Å²) in [4.78, 5) is 6.54. The molecule has 4 heteroatoms. The molecule has 0 saturated heterocycles. The predicted octanol–water partition coefficient (Wildman–Crippen LogP) is 3.36. The van der Waals surface area contributed by atoms with E-state index in [1.807, 2.05) is 38.2 Å². The zero-order valence-corrected chi connectivity index (χ0v) is 10.7. The summed E-state index contributed by atoms with van der Waals surface area (Å²) in [6, 6.07) is 7.86. The number of furan rings is 1. The Hall–Kier alpha value is -1.48. The average molecular weight is 251 g/mol. The Kier molecular flexibility index (Phi) is 3.69. The SMILES string of the molecule is Cc1occc1CN(C)c1cccc(CCl)n1. The Bertz CT molecular complexity index is 496. The van der Waals surface area contributed by atoms with Crippen LogP contribution in [0.4, 0.5) is 5.82 Å². The highest BCUT2D eigenvalue weighted by molar-refractivity contribution is 6.16. The zero-order valence-electron chi connectivity index (χ0n) is 9.98. The molecule has 3 nitrogen and oxygen atoms in total. The second-order valence-corrected chi connectivity index (χ2v) is 4.25. The molecule has 2 aromatic heterocycles. The van der Waals surface area contributed by atoms with Crippen molar-refractivity contribution >= 4 is 17.4 Å². The van der Waals surface area contributed by atoms with E-state index in [4.69, 9.17) is 16.0 Å². The van der Waals surface area contributed by atoms with E-state index in [0.717, 1.165) is 23.8 Å². The molecule has 0 aliphatic heterocycles. The van der Waals surface area contributed by atoms with Crippen molar-refractivity contribution < 1.29 is 4.42 Å². The molecule has 0 radical (unpaired) electrons. The van der Waals surface area contributed by atoms with Gasteiger partial charge in [0, 0.05) is 19.2 Å². The molecular formula is C13H15ClN2O. The van der Waals surface area contributed by atoms with Gasteiger partial charge >= 0.3 is 0 Å². The Morgan fingerprint density at radius 2 is 2.18 bits per heavy atom. The zero-order chi connectivity index (χ0) is 12.3. The molecule has 0 unspecified atom stereocenters. The van der Waals surface area contributed by atoms with Gasteiger partial charge in [0.1, 0.15) is 11.6 Å². The lowest BCUT2D eigenvalue weighted by Gasteiger charge is -2.18. The minimum absolute atomic E-state index is 0.437. The Labute approximate surface area is 106 Å². The van der Waals surface area contributed by atoms with Crippen molar-refractivity contribution in [1.29, 1.82) is 0 Å². The third kappa shape index (κ3) is 2.80. The maximum atomic E-state index is 5.78. The molecule has 2 rings (SSSR count). The molecule has 17 heavy (non-hydrogen) atoms. The first-order valence-electron chi connectivity index (χ1n) is 5.46. The van der Waals surface area contributed by atoms with Gasteiger partial charge in [-0.2, -0.15) is 0 Å². The summed E-state index contributed by atoms with van der Waals surface area (Å²) in [5.41, 5.74) is 2.06. The normalized spacial score (nSPS) is 10.5. The van der Waals surface area contributed by atoms with E-state index in [1.165, 1.54) is 5.56 Å². The van der Waals surface area contributed by atoms with Crippen molar-refractivity contribution in [2.45, 2.75) is 19.3 Å². The highest BCUT2D eigenvalue weighted by Crippen LogP contribution is 2.16. The van der Waals surface area contributed by atoms with Gasteiger partial charge in [0.2, 0.25) is 0 Å². The van der Waals surface area contributed by atoms with Gasteiger partial charge in [0.05, 0.1) is 17.8 Å². The average Bonchev–Trinajstić information content (AvgIpc) is 2.75. The Balaban J connectivity index is 2.14. The largest absolute Gasteiger partial charge is 0.469 e. The maximum Gasteiger partial charge on any atom is 0.128 e. The predicted molar refractivity (Wildman–Crippen MR) is 69.3 cm³/mol. The lowest BCUT2D eigenvalue weighted by atomic mass is 10.2. The van der Waals surface area contributed by atoms with Crippen molar-refractivity contribution in [2.75, 3.05) is 11.9 Å². The second-order valence-electron chi connectivity index (χ2n) is 3.98. The summed E-state index contributed by atoms with van der Waals surface area (Å²) in [5, 5.41) is 0. The molecule has 2 aromatic rings. The maximum absolute atomic E-state index is 5.78. The fourth-order valence-corrected chi connectivity index (χ4v) is 1.81. The summed E-state index contributed by atoms with van der Waals surface area (Å²) in [7, 11) is 2.01. The number of aryl methyl sites for hydroxylation is 1. The van der Waals surface area contributed by atoms with Crippen LogP contribution >= 0.6 is 11.6 Å². The van der Waals surface area contributed by atoms with Crippen LogP contribution in [0.5, 0.6) is 0 Å². The van der Waals surface area contributed by atoms with E-state index in [1.54, 1.807) is 6.26 Å². The molecule has 0 N–H and O–H groups in total. The van der Waals surface area contributed by atoms with Crippen LogP contribution in [-0.2, 0) is 12.4 Å². The summed E-state index contributed by atoms with van der Waals surface area (Å²) in [6.07, 6.45) is 1.71. The first-order chi connectivity index (χ1) is 8.20. The van der Waals surface area contributed by atoms with Gasteiger partial charge in [-0.25, -0.2) is 4.98 Å². The van der Waals surface area contributed by atoms with Crippen LogP contribution in [-0.4, -0.2) is 12.0 Å². The fraction of sp³-hybridized carbons (Fsp3) is 0.308. The number of hydrogen-bond acceptors (Lipinski definition) is 3. The minimum atomic E-state index is 0.437. The van der Waals surface area contributed by atoms with Crippen LogP contribution in [0.15, 0.2) is 34.9 Å². The second kappa shape index (κ2) is 5.23. The minimum Gasteiger partial charge on any atom is -0.469 e. The summed E-state index contributed by atoms with van der Waals surface area (Å²) >= 11 is 5.78. The van der Waals surface area contributed by atoms with Gasteiger partial charge in [-0.1, -0.05) is 6.07 Å². The number of halogens is 1. The molecule has 0 saturated carbocycles. The number of alkyl halides is 1. The van der Waals surface area contributed by atoms with E-state index < -0.39 is 0 Å². The number of hydrogen-bond donors (Lipinski definition) is 0. The molecular weight excluding hydrogens is 236 g/mol. The van der Waals surface area contributed by atoms with Gasteiger partial charge in [-0.3, -0.25) is 0 Å². The van der Waals surface area contributed by atoms with Crippen molar-refractivity contribution in [3.63, 3.8) is 0 Å².